The summed E-state index contributed by atoms with van der Waals surface area (Å²) in [4.78, 5) is 0. The zero-order valence-corrected chi connectivity index (χ0v) is 8.83. The van der Waals surface area contributed by atoms with Gasteiger partial charge in [0.25, 0.3) is 0 Å². The van der Waals surface area contributed by atoms with Crippen LogP contribution in [0.4, 0.5) is 13.2 Å². The Bertz CT molecular complexity index is 436. The van der Waals surface area contributed by atoms with E-state index >= 15 is 0 Å². The van der Waals surface area contributed by atoms with Crippen molar-refractivity contribution in [3.63, 3.8) is 0 Å². The first kappa shape index (κ1) is 12.3. The van der Waals surface area contributed by atoms with Crippen LogP contribution in [-0.4, -0.2) is 8.42 Å². The van der Waals surface area contributed by atoms with E-state index in [9.17, 15) is 21.6 Å². The first-order chi connectivity index (χ1) is 6.68. The smallest absolute Gasteiger partial charge is 0.212 e. The molecule has 0 bridgehead atoms. The molecule has 1 aromatic carbocycles. The van der Waals surface area contributed by atoms with Crippen LogP contribution in [0.2, 0.25) is 0 Å². The van der Waals surface area contributed by atoms with Gasteiger partial charge in [-0.05, 0) is 17.7 Å². The third kappa shape index (κ3) is 4.09. The largest absolute Gasteiger partial charge is 0.416 e. The lowest BCUT2D eigenvalue weighted by Gasteiger charge is -2.06. The molecule has 0 aliphatic heterocycles. The molecule has 15 heavy (non-hydrogen) atoms. The summed E-state index contributed by atoms with van der Waals surface area (Å²) in [5.41, 5.74) is -0.601. The van der Waals surface area contributed by atoms with Crippen molar-refractivity contribution < 1.29 is 21.6 Å². The number of rotatable bonds is 2. The number of hydrogen-bond donors (Lipinski definition) is 0. The van der Waals surface area contributed by atoms with Gasteiger partial charge in [-0.1, -0.05) is 12.1 Å². The lowest BCUT2D eigenvalue weighted by atomic mass is 10.1. The molecule has 0 aliphatic rings. The minimum Gasteiger partial charge on any atom is -0.212 e. The van der Waals surface area contributed by atoms with Crippen molar-refractivity contribution in [1.82, 2.24) is 0 Å². The Morgan fingerprint density at radius 1 is 1.13 bits per heavy atom. The van der Waals surface area contributed by atoms with Crippen molar-refractivity contribution in [2.45, 2.75) is 11.9 Å². The molecule has 1 rings (SSSR count). The Morgan fingerprint density at radius 2 is 1.60 bits per heavy atom. The fourth-order valence-electron chi connectivity index (χ4n) is 0.989. The lowest BCUT2D eigenvalue weighted by molar-refractivity contribution is -0.137. The van der Waals surface area contributed by atoms with Crippen molar-refractivity contribution in [3.8, 4) is 0 Å². The van der Waals surface area contributed by atoms with E-state index in [1.165, 1.54) is 0 Å². The van der Waals surface area contributed by atoms with Crippen LogP contribution in [0.15, 0.2) is 24.3 Å². The Labute approximate surface area is 89.1 Å². The van der Waals surface area contributed by atoms with E-state index in [1.54, 1.807) is 0 Å². The van der Waals surface area contributed by atoms with E-state index in [1.807, 2.05) is 0 Å². The van der Waals surface area contributed by atoms with Crippen molar-refractivity contribution in [2.75, 3.05) is 0 Å². The molecular weight excluding hydrogens is 253 g/mol. The van der Waals surface area contributed by atoms with Crippen LogP contribution in [0, 0.1) is 0 Å². The predicted octanol–water partition coefficient (Wildman–Crippen LogP) is 2.77. The number of hydrogen-bond acceptors (Lipinski definition) is 2. The van der Waals surface area contributed by atoms with Gasteiger partial charge in [0, 0.05) is 10.7 Å². The zero-order chi connectivity index (χ0) is 11.7. The van der Waals surface area contributed by atoms with Crippen LogP contribution in [0.1, 0.15) is 11.1 Å². The van der Waals surface area contributed by atoms with E-state index in [4.69, 9.17) is 10.7 Å². The van der Waals surface area contributed by atoms with Crippen LogP contribution < -0.4 is 0 Å². The van der Waals surface area contributed by atoms with Crippen molar-refractivity contribution in [1.29, 1.82) is 0 Å². The fourth-order valence-corrected chi connectivity index (χ4v) is 1.96. The second-order valence-electron chi connectivity index (χ2n) is 2.88. The SMILES string of the molecule is O=S(=O)(Cl)Cc1ccc(C(F)(F)F)cc1. The van der Waals surface area contributed by atoms with Crippen molar-refractivity contribution in [2.24, 2.45) is 0 Å². The van der Waals surface area contributed by atoms with Crippen LogP contribution >= 0.6 is 10.7 Å². The number of alkyl halides is 3. The molecule has 0 aromatic heterocycles. The molecule has 2 nitrogen and oxygen atoms in total. The molecule has 0 radical (unpaired) electrons. The predicted molar refractivity (Wildman–Crippen MR) is 49.9 cm³/mol. The monoisotopic (exact) mass is 258 g/mol. The van der Waals surface area contributed by atoms with E-state index in [0.717, 1.165) is 24.3 Å². The normalized spacial score (nSPS) is 12.8. The van der Waals surface area contributed by atoms with E-state index < -0.39 is 26.5 Å². The maximum Gasteiger partial charge on any atom is 0.416 e. The summed E-state index contributed by atoms with van der Waals surface area (Å²) in [7, 11) is 1.21. The molecule has 0 amide bonds. The summed E-state index contributed by atoms with van der Waals surface area (Å²) in [6.07, 6.45) is -4.42. The molecule has 0 saturated heterocycles. The molecule has 0 aliphatic carbocycles. The first-order valence-corrected chi connectivity index (χ1v) is 6.25. The van der Waals surface area contributed by atoms with Gasteiger partial charge in [0.1, 0.15) is 0 Å². The summed E-state index contributed by atoms with van der Waals surface area (Å²) in [6.45, 7) is 0. The Balaban J connectivity index is 2.91. The Morgan fingerprint density at radius 3 is 1.93 bits per heavy atom. The average Bonchev–Trinajstić information content (AvgIpc) is 2.00. The molecule has 1 aromatic rings. The van der Waals surface area contributed by atoms with Crippen molar-refractivity contribution >= 4 is 19.7 Å². The molecule has 0 unspecified atom stereocenters. The Hall–Kier alpha value is -0.750. The van der Waals surface area contributed by atoms with Crippen LogP contribution in [0.3, 0.4) is 0 Å². The van der Waals surface area contributed by atoms with Crippen LogP contribution in [0.25, 0.3) is 0 Å². The zero-order valence-electron chi connectivity index (χ0n) is 7.25. The molecule has 0 N–H and O–H groups in total. The highest BCUT2D eigenvalue weighted by atomic mass is 35.7. The van der Waals surface area contributed by atoms with Gasteiger partial charge in [0.2, 0.25) is 9.05 Å². The first-order valence-electron chi connectivity index (χ1n) is 3.77. The van der Waals surface area contributed by atoms with Gasteiger partial charge in [-0.15, -0.1) is 0 Å². The van der Waals surface area contributed by atoms with Crippen molar-refractivity contribution in [3.05, 3.63) is 35.4 Å². The second-order valence-corrected chi connectivity index (χ2v) is 5.65. The second kappa shape index (κ2) is 4.02. The topological polar surface area (TPSA) is 34.1 Å². The van der Waals surface area contributed by atoms with Crippen LogP contribution in [-0.2, 0) is 21.0 Å². The summed E-state index contributed by atoms with van der Waals surface area (Å²) >= 11 is 0. The van der Waals surface area contributed by atoms with Gasteiger partial charge in [-0.25, -0.2) is 8.42 Å². The van der Waals surface area contributed by atoms with E-state index in [2.05, 4.69) is 0 Å². The highest BCUT2D eigenvalue weighted by Crippen LogP contribution is 2.29. The lowest BCUT2D eigenvalue weighted by Crippen LogP contribution is -2.05. The average molecular weight is 259 g/mol. The standard InChI is InChI=1S/C8H6ClF3O2S/c9-15(13,14)5-6-1-3-7(4-2-6)8(10,11)12/h1-4H,5H2. The minimum atomic E-state index is -4.42. The van der Waals surface area contributed by atoms with Crippen LogP contribution in [0.5, 0.6) is 0 Å². The fraction of sp³-hybridized carbons (Fsp3) is 0.250. The molecule has 84 valence electrons. The van der Waals surface area contributed by atoms with Gasteiger partial charge in [0.05, 0.1) is 11.3 Å². The molecule has 0 saturated carbocycles. The summed E-state index contributed by atoms with van der Waals surface area (Å²) in [6, 6.07) is 3.81. The molecule has 0 spiro atoms. The molecule has 0 fully saturated rings. The number of benzene rings is 1. The molecule has 7 heteroatoms. The summed E-state index contributed by atoms with van der Waals surface area (Å²) < 4.78 is 57.6. The Kier molecular flexibility index (Phi) is 3.30. The summed E-state index contributed by atoms with van der Waals surface area (Å²) in [5, 5.41) is 0. The third-order valence-electron chi connectivity index (χ3n) is 1.62. The third-order valence-corrected chi connectivity index (χ3v) is 2.63. The van der Waals surface area contributed by atoms with Gasteiger partial charge < -0.3 is 0 Å². The number of halogens is 4. The molecular formula is C8H6ClF3O2S. The van der Waals surface area contributed by atoms with Gasteiger partial charge in [-0.2, -0.15) is 13.2 Å². The van der Waals surface area contributed by atoms with E-state index in [-0.39, 0.29) is 5.56 Å². The quantitative estimate of drug-likeness (QED) is 0.765. The highest BCUT2D eigenvalue weighted by Gasteiger charge is 2.30. The molecule has 0 atom stereocenters. The maximum absolute atomic E-state index is 12.1. The van der Waals surface area contributed by atoms with Gasteiger partial charge in [0.15, 0.2) is 0 Å². The van der Waals surface area contributed by atoms with Gasteiger partial charge >= 0.3 is 6.18 Å². The minimum absolute atomic E-state index is 0.220. The van der Waals surface area contributed by atoms with Gasteiger partial charge in [-0.3, -0.25) is 0 Å². The van der Waals surface area contributed by atoms with E-state index in [0.29, 0.717) is 0 Å². The summed E-state index contributed by atoms with van der Waals surface area (Å²) in [5.74, 6) is -0.479. The maximum atomic E-state index is 12.1. The molecule has 0 heterocycles. The highest BCUT2D eigenvalue weighted by molar-refractivity contribution is 8.13.